The number of rotatable bonds is 3. The summed E-state index contributed by atoms with van der Waals surface area (Å²) in [4.78, 5) is 0. The quantitative estimate of drug-likeness (QED) is 0.742. The maximum absolute atomic E-state index is 5.28. The fraction of sp³-hybridized carbons (Fsp3) is 0.333. The van der Waals surface area contributed by atoms with Gasteiger partial charge in [-0.15, -0.1) is 0 Å². The van der Waals surface area contributed by atoms with Crippen molar-refractivity contribution in [3.63, 3.8) is 0 Å². The molecule has 0 aromatic heterocycles. The second-order valence-corrected chi connectivity index (χ2v) is 4.36. The fourth-order valence-corrected chi connectivity index (χ4v) is 1.63. The Bertz CT molecular complexity index is 338. The molecule has 0 aliphatic rings. The molecule has 1 aromatic rings. The average Bonchev–Trinajstić information content (AvgIpc) is 2.15. The van der Waals surface area contributed by atoms with E-state index in [0.717, 1.165) is 16.6 Å². The Kier molecular flexibility index (Phi) is 4.21. The van der Waals surface area contributed by atoms with Crippen LogP contribution in [-0.2, 0) is 6.42 Å². The Hall–Kier alpha value is -0.760. The number of halogens is 1. The molecule has 0 fully saturated rings. The second-order valence-electron chi connectivity index (χ2n) is 3.44. The summed E-state index contributed by atoms with van der Waals surface area (Å²) in [7, 11) is 1.70. The molecule has 0 aliphatic carbocycles. The van der Waals surface area contributed by atoms with Crippen molar-refractivity contribution in [3.8, 4) is 5.75 Å². The zero-order valence-corrected chi connectivity index (χ0v) is 10.4. The van der Waals surface area contributed by atoms with Crippen LogP contribution >= 0.6 is 15.9 Å². The molecule has 0 unspecified atom stereocenters. The lowest BCUT2D eigenvalue weighted by molar-refractivity contribution is 0.410. The van der Waals surface area contributed by atoms with Crippen molar-refractivity contribution in [2.24, 2.45) is 0 Å². The van der Waals surface area contributed by atoms with Crippen molar-refractivity contribution >= 4 is 15.9 Å². The van der Waals surface area contributed by atoms with Gasteiger partial charge in [0.1, 0.15) is 5.75 Å². The third-order valence-corrected chi connectivity index (χ3v) is 2.47. The van der Waals surface area contributed by atoms with Crippen LogP contribution in [0.5, 0.6) is 5.75 Å². The Labute approximate surface area is 93.9 Å². The smallest absolute Gasteiger partial charge is 0.122 e. The molecule has 0 atom stereocenters. The molecule has 0 saturated carbocycles. The third-order valence-electron chi connectivity index (χ3n) is 1.97. The first-order valence-corrected chi connectivity index (χ1v) is 5.38. The molecule has 1 nitrogen and oxygen atoms in total. The predicted octanol–water partition coefficient (Wildman–Crippen LogP) is 3.97. The maximum atomic E-state index is 5.28. The van der Waals surface area contributed by atoms with E-state index in [1.807, 2.05) is 12.1 Å². The highest BCUT2D eigenvalue weighted by molar-refractivity contribution is 9.10. The van der Waals surface area contributed by atoms with E-state index in [-0.39, 0.29) is 0 Å². The lowest BCUT2D eigenvalue weighted by Gasteiger charge is -2.06. The maximum Gasteiger partial charge on any atom is 0.122 e. The van der Waals surface area contributed by atoms with Crippen molar-refractivity contribution in [2.45, 2.75) is 20.3 Å². The number of hydrogen-bond acceptors (Lipinski definition) is 1. The van der Waals surface area contributed by atoms with E-state index in [4.69, 9.17) is 4.74 Å². The van der Waals surface area contributed by atoms with Crippen LogP contribution in [0.3, 0.4) is 0 Å². The van der Waals surface area contributed by atoms with E-state index < -0.39 is 0 Å². The highest BCUT2D eigenvalue weighted by atomic mass is 79.9. The van der Waals surface area contributed by atoms with E-state index >= 15 is 0 Å². The highest BCUT2D eigenvalue weighted by Gasteiger charge is 2.01. The SMILES string of the molecule is COc1ccc(Br)cc1CC=C(C)C. The van der Waals surface area contributed by atoms with Gasteiger partial charge in [-0.3, -0.25) is 0 Å². The minimum absolute atomic E-state index is 0.922. The van der Waals surface area contributed by atoms with Gasteiger partial charge >= 0.3 is 0 Å². The van der Waals surface area contributed by atoms with Gasteiger partial charge in [0.05, 0.1) is 7.11 Å². The summed E-state index contributed by atoms with van der Waals surface area (Å²) >= 11 is 3.46. The average molecular weight is 255 g/mol. The van der Waals surface area contributed by atoms with Crippen molar-refractivity contribution in [2.75, 3.05) is 7.11 Å². The van der Waals surface area contributed by atoms with Gasteiger partial charge in [-0.05, 0) is 44.0 Å². The largest absolute Gasteiger partial charge is 0.496 e. The van der Waals surface area contributed by atoms with E-state index in [1.165, 1.54) is 11.1 Å². The molecular weight excluding hydrogens is 240 g/mol. The molecule has 0 amide bonds. The fourth-order valence-electron chi connectivity index (χ4n) is 1.22. The van der Waals surface area contributed by atoms with Crippen molar-refractivity contribution in [3.05, 3.63) is 39.9 Å². The van der Waals surface area contributed by atoms with E-state index in [1.54, 1.807) is 7.11 Å². The van der Waals surface area contributed by atoms with Gasteiger partial charge in [-0.25, -0.2) is 0 Å². The molecule has 1 aromatic carbocycles. The second kappa shape index (κ2) is 5.20. The molecule has 0 heterocycles. The van der Waals surface area contributed by atoms with Crippen LogP contribution in [0.1, 0.15) is 19.4 Å². The number of hydrogen-bond donors (Lipinski definition) is 0. The monoisotopic (exact) mass is 254 g/mol. The molecule has 2 heteroatoms. The van der Waals surface area contributed by atoms with Gasteiger partial charge in [0.2, 0.25) is 0 Å². The summed E-state index contributed by atoms with van der Waals surface area (Å²) in [5.74, 6) is 0.950. The van der Waals surface area contributed by atoms with Gasteiger partial charge < -0.3 is 4.74 Å². The normalized spacial score (nSPS) is 9.71. The van der Waals surface area contributed by atoms with Crippen LogP contribution in [0.15, 0.2) is 34.3 Å². The minimum atomic E-state index is 0.922. The topological polar surface area (TPSA) is 9.23 Å². The Morgan fingerprint density at radius 1 is 1.43 bits per heavy atom. The number of benzene rings is 1. The molecule has 0 saturated heterocycles. The molecule has 0 spiro atoms. The summed E-state index contributed by atoms with van der Waals surface area (Å²) in [6, 6.07) is 6.07. The van der Waals surface area contributed by atoms with Crippen molar-refractivity contribution in [1.29, 1.82) is 0 Å². The van der Waals surface area contributed by atoms with E-state index in [0.29, 0.717) is 0 Å². The zero-order chi connectivity index (χ0) is 10.6. The number of ether oxygens (including phenoxy) is 1. The molecule has 0 radical (unpaired) electrons. The molecular formula is C12H15BrO. The first-order chi connectivity index (χ1) is 6.63. The number of allylic oxidation sites excluding steroid dienone is 2. The molecule has 0 bridgehead atoms. The number of methoxy groups -OCH3 is 1. The van der Waals surface area contributed by atoms with Crippen LogP contribution < -0.4 is 4.74 Å². The van der Waals surface area contributed by atoms with E-state index in [9.17, 15) is 0 Å². The van der Waals surface area contributed by atoms with Gasteiger partial charge in [0.15, 0.2) is 0 Å². The zero-order valence-electron chi connectivity index (χ0n) is 8.80. The first-order valence-electron chi connectivity index (χ1n) is 4.59. The Morgan fingerprint density at radius 3 is 2.71 bits per heavy atom. The summed E-state index contributed by atoms with van der Waals surface area (Å²) in [6.07, 6.45) is 3.12. The molecule has 0 N–H and O–H groups in total. The Morgan fingerprint density at radius 2 is 2.14 bits per heavy atom. The van der Waals surface area contributed by atoms with Crippen LogP contribution in [0, 0.1) is 0 Å². The lowest BCUT2D eigenvalue weighted by Crippen LogP contribution is -1.90. The molecule has 14 heavy (non-hydrogen) atoms. The van der Waals surface area contributed by atoms with E-state index in [2.05, 4.69) is 41.9 Å². The van der Waals surface area contributed by atoms with Crippen molar-refractivity contribution in [1.82, 2.24) is 0 Å². The van der Waals surface area contributed by atoms with Gasteiger partial charge in [0.25, 0.3) is 0 Å². The summed E-state index contributed by atoms with van der Waals surface area (Å²) in [6.45, 7) is 4.20. The van der Waals surface area contributed by atoms with Crippen molar-refractivity contribution < 1.29 is 4.74 Å². The summed E-state index contributed by atoms with van der Waals surface area (Å²) in [5, 5.41) is 0. The lowest BCUT2D eigenvalue weighted by atomic mass is 10.1. The van der Waals surface area contributed by atoms with Crippen LogP contribution in [0.4, 0.5) is 0 Å². The molecule has 0 aliphatic heterocycles. The van der Waals surface area contributed by atoms with Crippen LogP contribution in [-0.4, -0.2) is 7.11 Å². The molecule has 1 rings (SSSR count). The van der Waals surface area contributed by atoms with Crippen LogP contribution in [0.2, 0.25) is 0 Å². The summed E-state index contributed by atoms with van der Waals surface area (Å²) < 4.78 is 6.38. The van der Waals surface area contributed by atoms with Gasteiger partial charge in [0, 0.05) is 4.47 Å². The first kappa shape index (κ1) is 11.3. The highest BCUT2D eigenvalue weighted by Crippen LogP contribution is 2.23. The minimum Gasteiger partial charge on any atom is -0.496 e. The summed E-state index contributed by atoms with van der Waals surface area (Å²) in [5.41, 5.74) is 2.54. The Balaban J connectivity index is 2.93. The van der Waals surface area contributed by atoms with Gasteiger partial charge in [-0.1, -0.05) is 27.6 Å². The van der Waals surface area contributed by atoms with Gasteiger partial charge in [-0.2, -0.15) is 0 Å². The molecule has 76 valence electrons. The predicted molar refractivity (Wildman–Crippen MR) is 63.8 cm³/mol. The third kappa shape index (κ3) is 3.18. The van der Waals surface area contributed by atoms with Crippen LogP contribution in [0.25, 0.3) is 0 Å². The standard InChI is InChI=1S/C12H15BrO/c1-9(2)4-5-10-8-11(13)6-7-12(10)14-3/h4,6-8H,5H2,1-3H3.